The Hall–Kier alpha value is -0.850. The van der Waals surface area contributed by atoms with Gasteiger partial charge in [0.2, 0.25) is 0 Å². The van der Waals surface area contributed by atoms with Crippen molar-refractivity contribution in [2.24, 2.45) is 5.92 Å². The van der Waals surface area contributed by atoms with E-state index in [2.05, 4.69) is 5.32 Å². The normalized spacial score (nSPS) is 15.0. The quantitative estimate of drug-likeness (QED) is 0.630. The SMILES string of the molecule is O=C(NCCCC1CC1)c1cc(S(=O)(=O)Cl)cc(F)c1Cl. The van der Waals surface area contributed by atoms with Crippen LogP contribution in [0, 0.1) is 11.7 Å². The Balaban J connectivity index is 2.09. The molecule has 1 saturated carbocycles. The molecular formula is C13H14Cl2FNO3S. The molecule has 0 saturated heterocycles. The van der Waals surface area contributed by atoms with E-state index in [1.54, 1.807) is 0 Å². The lowest BCUT2D eigenvalue weighted by Gasteiger charge is -2.08. The molecule has 0 aliphatic heterocycles. The van der Waals surface area contributed by atoms with E-state index in [1.165, 1.54) is 12.8 Å². The van der Waals surface area contributed by atoms with Crippen LogP contribution in [0.5, 0.6) is 0 Å². The maximum absolute atomic E-state index is 13.6. The molecule has 1 amide bonds. The van der Waals surface area contributed by atoms with Gasteiger partial charge in [-0.25, -0.2) is 12.8 Å². The van der Waals surface area contributed by atoms with Gasteiger partial charge in [-0.05, 0) is 30.9 Å². The number of hydrogen-bond acceptors (Lipinski definition) is 3. The van der Waals surface area contributed by atoms with E-state index < -0.39 is 30.7 Å². The Labute approximate surface area is 132 Å². The summed E-state index contributed by atoms with van der Waals surface area (Å²) in [5, 5.41) is 2.18. The Morgan fingerprint density at radius 2 is 2.05 bits per heavy atom. The molecule has 2 rings (SSSR count). The van der Waals surface area contributed by atoms with Gasteiger partial charge in [-0.1, -0.05) is 24.4 Å². The van der Waals surface area contributed by atoms with Crippen molar-refractivity contribution in [3.63, 3.8) is 0 Å². The molecule has 1 aliphatic rings. The van der Waals surface area contributed by atoms with Gasteiger partial charge < -0.3 is 5.32 Å². The van der Waals surface area contributed by atoms with Gasteiger partial charge in [0.1, 0.15) is 5.82 Å². The van der Waals surface area contributed by atoms with Gasteiger partial charge in [0.15, 0.2) is 0 Å². The van der Waals surface area contributed by atoms with Crippen LogP contribution in [0.1, 0.15) is 36.0 Å². The van der Waals surface area contributed by atoms with E-state index in [0.717, 1.165) is 24.8 Å². The fourth-order valence-electron chi connectivity index (χ4n) is 1.96. The molecule has 21 heavy (non-hydrogen) atoms. The number of nitrogens with one attached hydrogen (secondary N) is 1. The molecule has 1 aromatic carbocycles. The molecule has 0 radical (unpaired) electrons. The van der Waals surface area contributed by atoms with Crippen molar-refractivity contribution in [3.05, 3.63) is 28.5 Å². The lowest BCUT2D eigenvalue weighted by atomic mass is 10.2. The van der Waals surface area contributed by atoms with Crippen molar-refractivity contribution < 1.29 is 17.6 Å². The zero-order valence-electron chi connectivity index (χ0n) is 11.0. The summed E-state index contributed by atoms with van der Waals surface area (Å²) in [4.78, 5) is 11.5. The fraction of sp³-hybridized carbons (Fsp3) is 0.462. The molecule has 0 heterocycles. The predicted octanol–water partition coefficient (Wildman–Crippen LogP) is 3.33. The van der Waals surface area contributed by atoms with Crippen molar-refractivity contribution in [1.29, 1.82) is 0 Å². The van der Waals surface area contributed by atoms with Crippen LogP contribution in [0.15, 0.2) is 17.0 Å². The molecule has 1 N–H and O–H groups in total. The third kappa shape index (κ3) is 4.56. The predicted molar refractivity (Wildman–Crippen MR) is 78.7 cm³/mol. The minimum absolute atomic E-state index is 0.234. The molecule has 1 fully saturated rings. The molecule has 0 spiro atoms. The summed E-state index contributed by atoms with van der Waals surface area (Å²) in [5.41, 5.74) is -0.234. The lowest BCUT2D eigenvalue weighted by molar-refractivity contribution is 0.0952. The summed E-state index contributed by atoms with van der Waals surface area (Å²) in [5.74, 6) is -0.856. The van der Waals surface area contributed by atoms with Gasteiger partial charge >= 0.3 is 0 Å². The number of halogens is 3. The minimum atomic E-state index is -4.13. The molecule has 0 bridgehead atoms. The zero-order chi connectivity index (χ0) is 15.6. The van der Waals surface area contributed by atoms with Crippen molar-refractivity contribution in [1.82, 2.24) is 5.32 Å². The average molecular weight is 354 g/mol. The van der Waals surface area contributed by atoms with Crippen molar-refractivity contribution >= 4 is 37.2 Å². The maximum Gasteiger partial charge on any atom is 0.261 e. The first-order valence-electron chi connectivity index (χ1n) is 6.51. The topological polar surface area (TPSA) is 63.2 Å². The molecular weight excluding hydrogens is 340 g/mol. The van der Waals surface area contributed by atoms with Crippen LogP contribution in [0.4, 0.5) is 4.39 Å². The summed E-state index contributed by atoms with van der Waals surface area (Å²) >= 11 is 5.71. The van der Waals surface area contributed by atoms with E-state index in [-0.39, 0.29) is 5.56 Å². The summed E-state index contributed by atoms with van der Waals surface area (Å²) in [7, 11) is 1.03. The van der Waals surface area contributed by atoms with Crippen LogP contribution in [-0.4, -0.2) is 20.9 Å². The van der Waals surface area contributed by atoms with E-state index in [0.29, 0.717) is 12.6 Å². The zero-order valence-corrected chi connectivity index (χ0v) is 13.4. The van der Waals surface area contributed by atoms with E-state index in [9.17, 15) is 17.6 Å². The highest BCUT2D eigenvalue weighted by atomic mass is 35.7. The molecule has 116 valence electrons. The largest absolute Gasteiger partial charge is 0.352 e. The molecule has 4 nitrogen and oxygen atoms in total. The first kappa shape index (κ1) is 16.5. The van der Waals surface area contributed by atoms with Crippen LogP contribution in [0.25, 0.3) is 0 Å². The third-order valence-corrected chi connectivity index (χ3v) is 5.02. The highest BCUT2D eigenvalue weighted by Gasteiger charge is 2.22. The molecule has 1 aliphatic carbocycles. The number of benzene rings is 1. The Kier molecular flexibility index (Phi) is 5.11. The van der Waals surface area contributed by atoms with Crippen LogP contribution >= 0.6 is 22.3 Å². The van der Waals surface area contributed by atoms with Gasteiger partial charge in [0.25, 0.3) is 15.0 Å². The van der Waals surface area contributed by atoms with Gasteiger partial charge in [0.05, 0.1) is 15.5 Å². The monoisotopic (exact) mass is 353 g/mol. The number of carbonyl (C=O) groups is 1. The minimum Gasteiger partial charge on any atom is -0.352 e. The summed E-state index contributed by atoms with van der Waals surface area (Å²) in [6.07, 6.45) is 4.34. The molecule has 8 heteroatoms. The number of amides is 1. The van der Waals surface area contributed by atoms with Gasteiger partial charge in [-0.2, -0.15) is 0 Å². The maximum atomic E-state index is 13.6. The average Bonchev–Trinajstić information content (AvgIpc) is 3.20. The highest BCUT2D eigenvalue weighted by Crippen LogP contribution is 2.33. The second-order valence-electron chi connectivity index (χ2n) is 5.05. The second kappa shape index (κ2) is 6.50. The molecule has 0 unspecified atom stereocenters. The van der Waals surface area contributed by atoms with Crippen LogP contribution < -0.4 is 5.32 Å². The highest BCUT2D eigenvalue weighted by molar-refractivity contribution is 8.13. The summed E-state index contributed by atoms with van der Waals surface area (Å²) in [6, 6.07) is 1.67. The Bertz CT molecular complexity index is 660. The summed E-state index contributed by atoms with van der Waals surface area (Å²) in [6.45, 7) is 0.436. The van der Waals surface area contributed by atoms with Gasteiger partial charge in [-0.15, -0.1) is 0 Å². The Morgan fingerprint density at radius 3 is 2.62 bits per heavy atom. The van der Waals surface area contributed by atoms with Crippen molar-refractivity contribution in [3.8, 4) is 0 Å². The van der Waals surface area contributed by atoms with Crippen LogP contribution in [-0.2, 0) is 9.05 Å². The number of hydrogen-bond donors (Lipinski definition) is 1. The molecule has 0 atom stereocenters. The second-order valence-corrected chi connectivity index (χ2v) is 7.99. The van der Waals surface area contributed by atoms with Crippen LogP contribution in [0.3, 0.4) is 0 Å². The van der Waals surface area contributed by atoms with Gasteiger partial charge in [-0.3, -0.25) is 4.79 Å². The third-order valence-electron chi connectivity index (χ3n) is 3.30. The van der Waals surface area contributed by atoms with E-state index in [1.807, 2.05) is 0 Å². The molecule has 1 aromatic rings. The van der Waals surface area contributed by atoms with Gasteiger partial charge in [0, 0.05) is 17.2 Å². The smallest absolute Gasteiger partial charge is 0.261 e. The number of rotatable bonds is 6. The fourth-order valence-corrected chi connectivity index (χ4v) is 2.93. The summed E-state index contributed by atoms with van der Waals surface area (Å²) < 4.78 is 36.1. The standard InChI is InChI=1S/C13H14Cl2FNO3S/c14-12-10(6-9(7-11(12)16)21(15,19)20)13(18)17-5-1-2-8-3-4-8/h6-8H,1-5H2,(H,17,18). The first-order valence-corrected chi connectivity index (χ1v) is 9.19. The first-order chi connectivity index (χ1) is 9.79. The van der Waals surface area contributed by atoms with Crippen molar-refractivity contribution in [2.45, 2.75) is 30.6 Å². The number of carbonyl (C=O) groups excluding carboxylic acids is 1. The Morgan fingerprint density at radius 1 is 1.38 bits per heavy atom. The molecule has 0 aromatic heterocycles. The van der Waals surface area contributed by atoms with Crippen LogP contribution in [0.2, 0.25) is 5.02 Å². The van der Waals surface area contributed by atoms with E-state index in [4.69, 9.17) is 22.3 Å². The van der Waals surface area contributed by atoms with Crippen molar-refractivity contribution in [2.75, 3.05) is 6.54 Å². The van der Waals surface area contributed by atoms with E-state index >= 15 is 0 Å². The lowest BCUT2D eigenvalue weighted by Crippen LogP contribution is -2.25.